The summed E-state index contributed by atoms with van der Waals surface area (Å²) in [6.45, 7) is 0. The van der Waals surface area contributed by atoms with Crippen LogP contribution in [0.4, 0.5) is 4.39 Å². The lowest BCUT2D eigenvalue weighted by Crippen LogP contribution is -1.99. The average molecular weight is 208 g/mol. The molecule has 2 aliphatic rings. The number of hydrogen-bond donors (Lipinski definition) is 1. The normalized spacial score (nSPS) is 18.4. The first kappa shape index (κ1) is 8.78. The van der Waals surface area contributed by atoms with Crippen LogP contribution in [-0.4, -0.2) is 0 Å². The molecule has 0 bridgehead atoms. The molecular weight excluding hydrogens is 195 g/mol. The lowest BCUT2D eigenvalue weighted by molar-refractivity contribution is 0.596. The van der Waals surface area contributed by atoms with Crippen molar-refractivity contribution in [3.63, 3.8) is 0 Å². The van der Waals surface area contributed by atoms with E-state index in [0.717, 1.165) is 54.5 Å². The van der Waals surface area contributed by atoms with Crippen molar-refractivity contribution in [1.29, 1.82) is 0 Å². The van der Waals surface area contributed by atoms with E-state index in [4.69, 9.17) is 0 Å². The molecule has 0 spiro atoms. The largest absolute Gasteiger partial charge is 0.206 e. The van der Waals surface area contributed by atoms with Crippen LogP contribution in [0.25, 0.3) is 0 Å². The predicted molar refractivity (Wildman–Crippen MR) is 57.7 cm³/mol. The van der Waals surface area contributed by atoms with Gasteiger partial charge in [-0.3, -0.25) is 0 Å². The summed E-state index contributed by atoms with van der Waals surface area (Å²) < 4.78 is 14.0. The molecule has 3 rings (SSSR count). The molecule has 0 atom stereocenters. The van der Waals surface area contributed by atoms with Gasteiger partial charge in [0, 0.05) is 4.90 Å². The zero-order valence-electron chi connectivity index (χ0n) is 8.07. The Kier molecular flexibility index (Phi) is 1.88. The molecule has 0 amide bonds. The average Bonchev–Trinajstić information content (AvgIpc) is 2.82. The Hall–Kier alpha value is -0.500. The first-order valence-corrected chi connectivity index (χ1v) is 5.77. The molecule has 0 aromatic heterocycles. The summed E-state index contributed by atoms with van der Waals surface area (Å²) in [6, 6.07) is 0. The zero-order chi connectivity index (χ0) is 9.71. The van der Waals surface area contributed by atoms with Gasteiger partial charge in [-0.25, -0.2) is 4.39 Å². The summed E-state index contributed by atoms with van der Waals surface area (Å²) in [6.07, 6.45) is 6.09. The Morgan fingerprint density at radius 1 is 0.786 bits per heavy atom. The summed E-state index contributed by atoms with van der Waals surface area (Å²) in [5.74, 6) is 0.0998. The van der Waals surface area contributed by atoms with E-state index in [0.29, 0.717) is 0 Å². The number of hydrogen-bond acceptors (Lipinski definition) is 1. The summed E-state index contributed by atoms with van der Waals surface area (Å²) in [5.41, 5.74) is 4.34. The predicted octanol–water partition coefficient (Wildman–Crippen LogP) is 3.09. The van der Waals surface area contributed by atoms with Crippen molar-refractivity contribution in [2.45, 2.75) is 43.4 Å². The van der Waals surface area contributed by atoms with Crippen LogP contribution in [0, 0.1) is 5.82 Å². The Labute approximate surface area is 88.9 Å². The Bertz CT molecular complexity index is 337. The van der Waals surface area contributed by atoms with E-state index < -0.39 is 0 Å². The molecule has 0 aliphatic heterocycles. The molecule has 74 valence electrons. The number of thiol groups is 1. The third-order valence-corrected chi connectivity index (χ3v) is 4.08. The van der Waals surface area contributed by atoms with Crippen LogP contribution in [0.1, 0.15) is 35.1 Å². The Morgan fingerprint density at radius 2 is 1.21 bits per heavy atom. The molecule has 0 saturated carbocycles. The SMILES string of the molecule is Fc1c2c(c(S)c3c1CCC3)CCC2. The lowest BCUT2D eigenvalue weighted by atomic mass is 10.0. The van der Waals surface area contributed by atoms with Crippen molar-refractivity contribution in [1.82, 2.24) is 0 Å². The van der Waals surface area contributed by atoms with E-state index in [1.807, 2.05) is 0 Å². The maximum absolute atomic E-state index is 14.0. The number of fused-ring (bicyclic) bond motifs is 2. The molecule has 0 heterocycles. The quantitative estimate of drug-likeness (QED) is 0.622. The highest BCUT2D eigenvalue weighted by Crippen LogP contribution is 2.39. The molecule has 1 aromatic rings. The second-order valence-corrected chi connectivity index (χ2v) is 4.73. The minimum absolute atomic E-state index is 0.0998. The van der Waals surface area contributed by atoms with Gasteiger partial charge in [-0.2, -0.15) is 0 Å². The molecule has 2 aliphatic carbocycles. The molecule has 0 unspecified atom stereocenters. The van der Waals surface area contributed by atoms with Crippen LogP contribution >= 0.6 is 12.6 Å². The smallest absolute Gasteiger partial charge is 0.130 e. The molecule has 0 fully saturated rings. The van der Waals surface area contributed by atoms with E-state index >= 15 is 0 Å². The molecule has 14 heavy (non-hydrogen) atoms. The topological polar surface area (TPSA) is 0 Å². The van der Waals surface area contributed by atoms with Gasteiger partial charge in [-0.15, -0.1) is 12.6 Å². The second-order valence-electron chi connectivity index (χ2n) is 4.28. The standard InChI is InChI=1S/C12H13FS/c13-11-7-3-1-5-9(7)12(14)10-6-2-4-8(10)11/h14H,1-6H2. The van der Waals surface area contributed by atoms with Gasteiger partial charge in [0.2, 0.25) is 0 Å². The summed E-state index contributed by atoms with van der Waals surface area (Å²) >= 11 is 4.57. The fourth-order valence-corrected chi connectivity index (χ4v) is 3.35. The van der Waals surface area contributed by atoms with Gasteiger partial charge in [-0.1, -0.05) is 0 Å². The van der Waals surface area contributed by atoms with Gasteiger partial charge in [-0.05, 0) is 60.8 Å². The molecule has 2 heteroatoms. The van der Waals surface area contributed by atoms with Gasteiger partial charge in [0.1, 0.15) is 5.82 Å². The number of rotatable bonds is 0. The maximum Gasteiger partial charge on any atom is 0.130 e. The van der Waals surface area contributed by atoms with E-state index in [1.54, 1.807) is 0 Å². The van der Waals surface area contributed by atoms with Gasteiger partial charge < -0.3 is 0 Å². The highest BCUT2D eigenvalue weighted by molar-refractivity contribution is 7.80. The van der Waals surface area contributed by atoms with Crippen molar-refractivity contribution >= 4 is 12.6 Å². The van der Waals surface area contributed by atoms with Crippen LogP contribution < -0.4 is 0 Å². The number of benzene rings is 1. The molecule has 0 nitrogen and oxygen atoms in total. The van der Waals surface area contributed by atoms with Crippen LogP contribution in [0.15, 0.2) is 4.90 Å². The van der Waals surface area contributed by atoms with Crippen LogP contribution in [0.2, 0.25) is 0 Å². The highest BCUT2D eigenvalue weighted by atomic mass is 32.1. The van der Waals surface area contributed by atoms with E-state index in [1.165, 1.54) is 11.1 Å². The third-order valence-electron chi connectivity index (χ3n) is 3.54. The first-order valence-electron chi connectivity index (χ1n) is 5.33. The third kappa shape index (κ3) is 1.01. The van der Waals surface area contributed by atoms with Crippen molar-refractivity contribution in [2.24, 2.45) is 0 Å². The van der Waals surface area contributed by atoms with E-state index in [-0.39, 0.29) is 5.82 Å². The molecular formula is C12H13FS. The van der Waals surface area contributed by atoms with Crippen molar-refractivity contribution in [3.8, 4) is 0 Å². The Morgan fingerprint density at radius 3 is 1.71 bits per heavy atom. The van der Waals surface area contributed by atoms with Gasteiger partial charge in [0.15, 0.2) is 0 Å². The zero-order valence-corrected chi connectivity index (χ0v) is 8.96. The second kappa shape index (κ2) is 2.99. The molecule has 0 radical (unpaired) electrons. The molecule has 0 N–H and O–H groups in total. The molecule has 1 aromatic carbocycles. The summed E-state index contributed by atoms with van der Waals surface area (Å²) in [7, 11) is 0. The van der Waals surface area contributed by atoms with E-state index in [9.17, 15) is 4.39 Å². The van der Waals surface area contributed by atoms with Crippen LogP contribution in [0.3, 0.4) is 0 Å². The minimum atomic E-state index is 0.0998. The fraction of sp³-hybridized carbons (Fsp3) is 0.500. The monoisotopic (exact) mass is 208 g/mol. The minimum Gasteiger partial charge on any atom is -0.206 e. The van der Waals surface area contributed by atoms with Crippen molar-refractivity contribution < 1.29 is 4.39 Å². The maximum atomic E-state index is 14.0. The van der Waals surface area contributed by atoms with Gasteiger partial charge >= 0.3 is 0 Å². The number of halogens is 1. The van der Waals surface area contributed by atoms with Crippen LogP contribution in [-0.2, 0) is 25.7 Å². The van der Waals surface area contributed by atoms with Crippen LogP contribution in [0.5, 0.6) is 0 Å². The fourth-order valence-electron chi connectivity index (χ4n) is 2.86. The lowest BCUT2D eigenvalue weighted by Gasteiger charge is -2.11. The molecule has 0 saturated heterocycles. The van der Waals surface area contributed by atoms with Crippen molar-refractivity contribution in [3.05, 3.63) is 28.1 Å². The van der Waals surface area contributed by atoms with E-state index in [2.05, 4.69) is 12.6 Å². The summed E-state index contributed by atoms with van der Waals surface area (Å²) in [5, 5.41) is 0. The van der Waals surface area contributed by atoms with Crippen molar-refractivity contribution in [2.75, 3.05) is 0 Å². The van der Waals surface area contributed by atoms with Gasteiger partial charge in [0.25, 0.3) is 0 Å². The first-order chi connectivity index (χ1) is 6.79. The van der Waals surface area contributed by atoms with Gasteiger partial charge in [0.05, 0.1) is 0 Å². The Balaban J connectivity index is 2.33. The highest BCUT2D eigenvalue weighted by Gasteiger charge is 2.27. The summed E-state index contributed by atoms with van der Waals surface area (Å²) in [4.78, 5) is 1.10.